The molecule has 0 bridgehead atoms. The van der Waals surface area contributed by atoms with E-state index in [-0.39, 0.29) is 0 Å². The van der Waals surface area contributed by atoms with Crippen molar-refractivity contribution in [1.29, 1.82) is 0 Å². The van der Waals surface area contributed by atoms with Gasteiger partial charge in [-0.15, -0.1) is 0 Å². The van der Waals surface area contributed by atoms with Crippen molar-refractivity contribution in [1.82, 2.24) is 19.5 Å². The van der Waals surface area contributed by atoms with Gasteiger partial charge >= 0.3 is 0 Å². The van der Waals surface area contributed by atoms with Crippen molar-refractivity contribution in [2.75, 3.05) is 24.2 Å². The highest BCUT2D eigenvalue weighted by Gasteiger charge is 2.09. The zero-order valence-corrected chi connectivity index (χ0v) is 12.6. The van der Waals surface area contributed by atoms with Crippen LogP contribution in [-0.2, 0) is 19.9 Å². The summed E-state index contributed by atoms with van der Waals surface area (Å²) in [5, 5.41) is 6.50. The molecule has 0 spiro atoms. The fraction of sp³-hybridized carbons (Fsp3) is 0.500. The molecule has 6 heteroatoms. The number of aryl methyl sites for hydroxylation is 2. The van der Waals surface area contributed by atoms with Crippen LogP contribution in [0.2, 0.25) is 0 Å². The molecule has 0 saturated carbocycles. The first-order chi connectivity index (χ1) is 9.65. The molecule has 20 heavy (non-hydrogen) atoms. The third kappa shape index (κ3) is 3.07. The summed E-state index contributed by atoms with van der Waals surface area (Å²) in [6, 6.07) is 0. The van der Waals surface area contributed by atoms with Crippen molar-refractivity contribution in [2.24, 2.45) is 7.05 Å². The first-order valence-electron chi connectivity index (χ1n) is 6.91. The first kappa shape index (κ1) is 14.3. The molecule has 2 aromatic rings. The summed E-state index contributed by atoms with van der Waals surface area (Å²) in [5.74, 6) is 3.69. The minimum absolute atomic E-state index is 0.801. The zero-order chi connectivity index (χ0) is 14.5. The summed E-state index contributed by atoms with van der Waals surface area (Å²) < 4.78 is 2.03. The van der Waals surface area contributed by atoms with Crippen LogP contribution in [0.25, 0.3) is 0 Å². The Morgan fingerprint density at radius 1 is 1.25 bits per heavy atom. The fourth-order valence-electron chi connectivity index (χ4n) is 2.07. The maximum Gasteiger partial charge on any atom is 0.134 e. The van der Waals surface area contributed by atoms with Gasteiger partial charge in [0.25, 0.3) is 0 Å². The van der Waals surface area contributed by atoms with E-state index in [4.69, 9.17) is 0 Å². The van der Waals surface area contributed by atoms with E-state index in [1.54, 1.807) is 0 Å². The topological polar surface area (TPSA) is 67.7 Å². The molecule has 6 nitrogen and oxygen atoms in total. The Balaban J connectivity index is 2.07. The van der Waals surface area contributed by atoms with E-state index in [0.717, 1.165) is 48.2 Å². The van der Waals surface area contributed by atoms with Crippen molar-refractivity contribution in [3.05, 3.63) is 29.6 Å². The molecule has 2 aromatic heterocycles. The Morgan fingerprint density at radius 3 is 2.60 bits per heavy atom. The van der Waals surface area contributed by atoms with Crippen LogP contribution in [0, 0.1) is 6.92 Å². The van der Waals surface area contributed by atoms with Gasteiger partial charge in [0.05, 0.1) is 0 Å². The Kier molecular flexibility index (Phi) is 4.55. The Morgan fingerprint density at radius 2 is 2.00 bits per heavy atom. The van der Waals surface area contributed by atoms with E-state index in [2.05, 4.69) is 32.5 Å². The molecule has 0 fully saturated rings. The lowest BCUT2D eigenvalue weighted by atomic mass is 10.2. The second-order valence-corrected chi connectivity index (χ2v) is 4.70. The Bertz CT molecular complexity index is 575. The van der Waals surface area contributed by atoms with E-state index in [1.807, 2.05) is 38.0 Å². The molecule has 2 N–H and O–H groups in total. The zero-order valence-electron chi connectivity index (χ0n) is 12.6. The molecule has 0 unspecified atom stereocenters. The van der Waals surface area contributed by atoms with Gasteiger partial charge in [-0.3, -0.25) is 0 Å². The highest BCUT2D eigenvalue weighted by molar-refractivity contribution is 5.57. The van der Waals surface area contributed by atoms with Crippen LogP contribution in [0.5, 0.6) is 0 Å². The average molecular weight is 274 g/mol. The molecule has 0 aromatic carbocycles. The molecule has 108 valence electrons. The number of aromatic nitrogens is 4. The maximum absolute atomic E-state index is 4.55. The third-order valence-corrected chi connectivity index (χ3v) is 3.31. The minimum Gasteiger partial charge on any atom is -0.373 e. The first-order valence-corrected chi connectivity index (χ1v) is 6.91. The monoisotopic (exact) mass is 274 g/mol. The number of imidazole rings is 1. The lowest BCUT2D eigenvalue weighted by molar-refractivity contribution is 0.787. The van der Waals surface area contributed by atoms with E-state index in [1.165, 1.54) is 0 Å². The minimum atomic E-state index is 0.801. The highest BCUT2D eigenvalue weighted by atomic mass is 15.1. The quantitative estimate of drug-likeness (QED) is 0.840. The standard InChI is InChI=1S/C14H22N6/c1-5-11-18-13(15-3)10(2)14(19-11)17-7-6-12-16-8-9-20(12)4/h8-9H,5-7H2,1-4H3,(H2,15,17,18,19). The van der Waals surface area contributed by atoms with E-state index >= 15 is 0 Å². The van der Waals surface area contributed by atoms with Crippen LogP contribution in [-0.4, -0.2) is 33.1 Å². The van der Waals surface area contributed by atoms with Crippen LogP contribution < -0.4 is 10.6 Å². The van der Waals surface area contributed by atoms with Gasteiger partial charge < -0.3 is 15.2 Å². The molecule has 0 aliphatic rings. The van der Waals surface area contributed by atoms with Crippen LogP contribution in [0.1, 0.15) is 24.1 Å². The molecule has 0 atom stereocenters. The number of hydrogen-bond donors (Lipinski definition) is 2. The van der Waals surface area contributed by atoms with Crippen molar-refractivity contribution in [3.63, 3.8) is 0 Å². The van der Waals surface area contributed by atoms with E-state index < -0.39 is 0 Å². The SMILES string of the molecule is CCc1nc(NC)c(C)c(NCCc2nccn2C)n1. The van der Waals surface area contributed by atoms with Crippen molar-refractivity contribution < 1.29 is 0 Å². The predicted molar refractivity (Wildman–Crippen MR) is 81.1 cm³/mol. The summed E-state index contributed by atoms with van der Waals surface area (Å²) in [7, 11) is 3.89. The second-order valence-electron chi connectivity index (χ2n) is 4.70. The van der Waals surface area contributed by atoms with Gasteiger partial charge in [0.2, 0.25) is 0 Å². The van der Waals surface area contributed by atoms with Gasteiger partial charge in [-0.25, -0.2) is 15.0 Å². The van der Waals surface area contributed by atoms with E-state index in [9.17, 15) is 0 Å². The number of anilines is 2. The molecular weight excluding hydrogens is 252 g/mol. The average Bonchev–Trinajstić information content (AvgIpc) is 2.86. The van der Waals surface area contributed by atoms with Gasteiger partial charge in [-0.2, -0.15) is 0 Å². The number of rotatable bonds is 6. The molecule has 2 heterocycles. The van der Waals surface area contributed by atoms with Crippen molar-refractivity contribution >= 4 is 11.6 Å². The van der Waals surface area contributed by atoms with Crippen LogP contribution in [0.15, 0.2) is 12.4 Å². The van der Waals surface area contributed by atoms with Gasteiger partial charge in [0.1, 0.15) is 23.3 Å². The van der Waals surface area contributed by atoms with Gasteiger partial charge in [0.15, 0.2) is 0 Å². The normalized spacial score (nSPS) is 10.6. The van der Waals surface area contributed by atoms with Crippen molar-refractivity contribution in [2.45, 2.75) is 26.7 Å². The summed E-state index contributed by atoms with van der Waals surface area (Å²) in [4.78, 5) is 13.3. The Hall–Kier alpha value is -2.11. The summed E-state index contributed by atoms with van der Waals surface area (Å²) in [5.41, 5.74) is 1.05. The molecule has 0 radical (unpaired) electrons. The number of nitrogens with one attached hydrogen (secondary N) is 2. The molecule has 0 amide bonds. The highest BCUT2D eigenvalue weighted by Crippen LogP contribution is 2.19. The number of hydrogen-bond acceptors (Lipinski definition) is 5. The molecule has 0 saturated heterocycles. The van der Waals surface area contributed by atoms with Gasteiger partial charge in [-0.05, 0) is 6.92 Å². The summed E-state index contributed by atoms with van der Waals surface area (Å²) >= 11 is 0. The van der Waals surface area contributed by atoms with Crippen molar-refractivity contribution in [3.8, 4) is 0 Å². The summed E-state index contributed by atoms with van der Waals surface area (Å²) in [6.45, 7) is 4.88. The maximum atomic E-state index is 4.55. The van der Waals surface area contributed by atoms with Crippen LogP contribution >= 0.6 is 0 Å². The largest absolute Gasteiger partial charge is 0.373 e. The third-order valence-electron chi connectivity index (χ3n) is 3.31. The van der Waals surface area contributed by atoms with Crippen LogP contribution in [0.4, 0.5) is 11.6 Å². The van der Waals surface area contributed by atoms with E-state index in [0.29, 0.717) is 0 Å². The predicted octanol–water partition coefficient (Wildman–Crippen LogP) is 1.78. The molecule has 2 rings (SSSR count). The molecule has 0 aliphatic heterocycles. The lowest BCUT2D eigenvalue weighted by Crippen LogP contribution is -2.13. The van der Waals surface area contributed by atoms with Gasteiger partial charge in [-0.1, -0.05) is 6.92 Å². The molecular formula is C14H22N6. The smallest absolute Gasteiger partial charge is 0.134 e. The van der Waals surface area contributed by atoms with Gasteiger partial charge in [0, 0.05) is 51.4 Å². The van der Waals surface area contributed by atoms with Crippen LogP contribution in [0.3, 0.4) is 0 Å². The lowest BCUT2D eigenvalue weighted by Gasteiger charge is -2.13. The second kappa shape index (κ2) is 6.36. The Labute approximate surface area is 119 Å². The fourth-order valence-corrected chi connectivity index (χ4v) is 2.07. The summed E-state index contributed by atoms with van der Waals surface area (Å²) in [6.07, 6.45) is 5.46. The molecule has 0 aliphatic carbocycles. The number of nitrogens with zero attached hydrogens (tertiary/aromatic N) is 4.